The van der Waals surface area contributed by atoms with E-state index in [2.05, 4.69) is 10.4 Å². The molecule has 1 atom stereocenters. The van der Waals surface area contributed by atoms with Gasteiger partial charge in [-0.3, -0.25) is 4.79 Å². The number of hydrogen-bond acceptors (Lipinski definition) is 6. The number of unbranched alkanes of at least 4 members (excludes halogenated alkanes) is 2. The van der Waals surface area contributed by atoms with Gasteiger partial charge in [0.05, 0.1) is 31.6 Å². The van der Waals surface area contributed by atoms with Crippen LogP contribution in [0.5, 0.6) is 5.75 Å². The second-order valence-corrected chi connectivity index (χ2v) is 7.62. The molecule has 7 nitrogen and oxygen atoms in total. The molecule has 2 aromatic rings. The third-order valence-corrected chi connectivity index (χ3v) is 4.64. The van der Waals surface area contributed by atoms with Gasteiger partial charge in [-0.25, -0.2) is 0 Å². The van der Waals surface area contributed by atoms with Crippen molar-refractivity contribution in [1.29, 1.82) is 0 Å². The molecule has 0 aromatic heterocycles. The number of hydrogen-bond donors (Lipinski definition) is 2. The number of nitrogens with zero attached hydrogens (tertiary/aromatic N) is 1. The number of ether oxygens (including phenoxy) is 3. The van der Waals surface area contributed by atoms with Crippen LogP contribution < -0.4 is 15.9 Å². The first-order valence-electron chi connectivity index (χ1n) is 10.5. The van der Waals surface area contributed by atoms with Crippen LogP contribution >= 0.6 is 0 Å². The van der Waals surface area contributed by atoms with Gasteiger partial charge in [0.2, 0.25) is 0 Å². The molecule has 31 heavy (non-hydrogen) atoms. The molecular weight excluding hydrogens is 394 g/mol. The third kappa shape index (κ3) is 9.19. The van der Waals surface area contributed by atoms with E-state index in [9.17, 15) is 4.79 Å². The Balaban J connectivity index is 1.62. The maximum Gasteiger partial charge on any atom is 0.251 e. The van der Waals surface area contributed by atoms with E-state index in [-0.39, 0.29) is 5.91 Å². The zero-order chi connectivity index (χ0) is 22.4. The van der Waals surface area contributed by atoms with E-state index in [4.69, 9.17) is 20.1 Å². The summed E-state index contributed by atoms with van der Waals surface area (Å²) in [6.07, 6.45) is 4.45. The monoisotopic (exact) mass is 427 g/mol. The Hall–Kier alpha value is -2.90. The summed E-state index contributed by atoms with van der Waals surface area (Å²) in [6, 6.07) is 16.8. The van der Waals surface area contributed by atoms with Crippen LogP contribution in [0.4, 0.5) is 0 Å². The average molecular weight is 428 g/mol. The Morgan fingerprint density at radius 1 is 1.03 bits per heavy atom. The Morgan fingerprint density at radius 3 is 2.42 bits per heavy atom. The second kappa shape index (κ2) is 13.4. The number of nitrogens with one attached hydrogen (secondary N) is 1. The molecular formula is C24H33N3O4. The van der Waals surface area contributed by atoms with Crippen molar-refractivity contribution in [2.75, 3.05) is 33.5 Å². The number of rotatable bonds is 14. The minimum Gasteiger partial charge on any atom is -0.494 e. The molecule has 0 saturated carbocycles. The Labute approximate surface area is 184 Å². The fourth-order valence-electron chi connectivity index (χ4n) is 3.07. The van der Waals surface area contributed by atoms with Crippen LogP contribution in [0.2, 0.25) is 0 Å². The van der Waals surface area contributed by atoms with E-state index in [1.165, 1.54) is 0 Å². The fraction of sp³-hybridized carbons (Fsp3) is 0.417. The van der Waals surface area contributed by atoms with Crippen LogP contribution in [0.1, 0.15) is 42.1 Å². The van der Waals surface area contributed by atoms with Crippen LogP contribution in [0.3, 0.4) is 0 Å². The van der Waals surface area contributed by atoms with Crippen LogP contribution in [0.15, 0.2) is 59.7 Å². The number of nitrogens with two attached hydrogens (primary N) is 1. The standard InChI is InChI=1S/C24H33N3O4/c1-24(18-29-2,27-23(28)21-9-5-3-6-10-21)19-30-15-7-4-8-16-31-22-13-11-20(12-14-22)17-26-25/h3,5-6,9-14,17H,4,7-8,15-16,18-19,25H2,1-2H3,(H,27,28)/b26-17+. The number of hydrazone groups is 1. The SMILES string of the molecule is COCC(C)(COCCCCCOc1ccc(/C=N/N)cc1)NC(=O)c1ccccc1. The van der Waals surface area contributed by atoms with Crippen LogP contribution in [-0.2, 0) is 9.47 Å². The number of amides is 1. The normalized spacial score (nSPS) is 13.1. The summed E-state index contributed by atoms with van der Waals surface area (Å²) < 4.78 is 16.9. The molecule has 2 aromatic carbocycles. The van der Waals surface area contributed by atoms with Gasteiger partial charge in [0, 0.05) is 19.3 Å². The zero-order valence-electron chi connectivity index (χ0n) is 18.4. The molecule has 0 saturated heterocycles. The predicted octanol–water partition coefficient (Wildman–Crippen LogP) is 3.38. The number of methoxy groups -OCH3 is 1. The molecule has 0 spiro atoms. The maximum absolute atomic E-state index is 12.5. The first kappa shape index (κ1) is 24.4. The van der Waals surface area contributed by atoms with Crippen molar-refractivity contribution in [1.82, 2.24) is 5.32 Å². The molecule has 0 aliphatic rings. The molecule has 0 aliphatic heterocycles. The van der Waals surface area contributed by atoms with Crippen molar-refractivity contribution in [2.45, 2.75) is 31.7 Å². The molecule has 0 fully saturated rings. The molecule has 1 unspecified atom stereocenters. The summed E-state index contributed by atoms with van der Waals surface area (Å²) in [6.45, 7) is 3.95. The Bertz CT molecular complexity index is 796. The first-order valence-corrected chi connectivity index (χ1v) is 10.5. The third-order valence-electron chi connectivity index (χ3n) is 4.64. The lowest BCUT2D eigenvalue weighted by atomic mass is 10.0. The lowest BCUT2D eigenvalue weighted by Crippen LogP contribution is -2.52. The summed E-state index contributed by atoms with van der Waals surface area (Å²) in [5.74, 6) is 5.83. The number of benzene rings is 2. The van der Waals surface area contributed by atoms with E-state index in [1.54, 1.807) is 25.5 Å². The average Bonchev–Trinajstić information content (AvgIpc) is 2.77. The van der Waals surface area contributed by atoms with Gasteiger partial charge >= 0.3 is 0 Å². The van der Waals surface area contributed by atoms with Gasteiger partial charge in [-0.1, -0.05) is 18.2 Å². The quantitative estimate of drug-likeness (QED) is 0.209. The molecule has 0 aliphatic carbocycles. The van der Waals surface area contributed by atoms with Gasteiger partial charge in [0.1, 0.15) is 5.75 Å². The highest BCUT2D eigenvalue weighted by atomic mass is 16.5. The lowest BCUT2D eigenvalue weighted by molar-refractivity contribution is 0.0266. The van der Waals surface area contributed by atoms with Crippen LogP contribution in [-0.4, -0.2) is 51.2 Å². The topological polar surface area (TPSA) is 95.2 Å². The highest BCUT2D eigenvalue weighted by molar-refractivity contribution is 5.94. The van der Waals surface area contributed by atoms with Crippen molar-refractivity contribution in [2.24, 2.45) is 10.9 Å². The highest BCUT2D eigenvalue weighted by Crippen LogP contribution is 2.12. The summed E-state index contributed by atoms with van der Waals surface area (Å²) in [4.78, 5) is 12.5. The van der Waals surface area contributed by atoms with Crippen LogP contribution in [0.25, 0.3) is 0 Å². The zero-order valence-corrected chi connectivity index (χ0v) is 18.4. The van der Waals surface area contributed by atoms with Crippen molar-refractivity contribution < 1.29 is 19.0 Å². The van der Waals surface area contributed by atoms with Gasteiger partial charge < -0.3 is 25.4 Å². The molecule has 0 heterocycles. The van der Waals surface area contributed by atoms with Gasteiger partial charge in [-0.2, -0.15) is 5.10 Å². The maximum atomic E-state index is 12.5. The summed E-state index contributed by atoms with van der Waals surface area (Å²) >= 11 is 0. The minimum absolute atomic E-state index is 0.135. The molecule has 7 heteroatoms. The summed E-state index contributed by atoms with van der Waals surface area (Å²) in [5.41, 5.74) is 0.963. The van der Waals surface area contributed by atoms with Crippen molar-refractivity contribution >= 4 is 12.1 Å². The van der Waals surface area contributed by atoms with E-state index in [1.807, 2.05) is 49.4 Å². The van der Waals surface area contributed by atoms with Gasteiger partial charge in [-0.05, 0) is 68.1 Å². The summed E-state index contributed by atoms with van der Waals surface area (Å²) in [5, 5.41) is 6.52. The molecule has 0 radical (unpaired) electrons. The second-order valence-electron chi connectivity index (χ2n) is 7.62. The predicted molar refractivity (Wildman–Crippen MR) is 123 cm³/mol. The van der Waals surface area contributed by atoms with Gasteiger partial charge in [0.25, 0.3) is 5.91 Å². The minimum atomic E-state index is -0.592. The van der Waals surface area contributed by atoms with Crippen molar-refractivity contribution in [3.8, 4) is 5.75 Å². The van der Waals surface area contributed by atoms with E-state index in [0.29, 0.717) is 32.0 Å². The fourth-order valence-corrected chi connectivity index (χ4v) is 3.07. The van der Waals surface area contributed by atoms with Gasteiger partial charge in [0.15, 0.2) is 0 Å². The molecule has 168 valence electrons. The molecule has 0 bridgehead atoms. The van der Waals surface area contributed by atoms with E-state index in [0.717, 1.165) is 30.6 Å². The highest BCUT2D eigenvalue weighted by Gasteiger charge is 2.27. The largest absolute Gasteiger partial charge is 0.494 e. The molecule has 1 amide bonds. The Kier molecular flexibility index (Phi) is 10.5. The van der Waals surface area contributed by atoms with E-state index < -0.39 is 5.54 Å². The van der Waals surface area contributed by atoms with Gasteiger partial charge in [-0.15, -0.1) is 0 Å². The molecule has 3 N–H and O–H groups in total. The Morgan fingerprint density at radius 2 is 1.74 bits per heavy atom. The number of carbonyl (C=O) groups is 1. The lowest BCUT2D eigenvalue weighted by Gasteiger charge is -2.30. The number of carbonyl (C=O) groups excluding carboxylic acids is 1. The van der Waals surface area contributed by atoms with Crippen molar-refractivity contribution in [3.05, 3.63) is 65.7 Å². The van der Waals surface area contributed by atoms with Crippen molar-refractivity contribution in [3.63, 3.8) is 0 Å². The van der Waals surface area contributed by atoms with E-state index >= 15 is 0 Å². The smallest absolute Gasteiger partial charge is 0.251 e. The summed E-state index contributed by atoms with van der Waals surface area (Å²) in [7, 11) is 1.62. The first-order chi connectivity index (χ1) is 15.1. The molecule has 2 rings (SSSR count). The van der Waals surface area contributed by atoms with Crippen LogP contribution in [0, 0.1) is 0 Å².